The first-order chi connectivity index (χ1) is 8.99. The average Bonchev–Trinajstić information content (AvgIpc) is 2.38. The number of amides is 1. The van der Waals surface area contributed by atoms with Gasteiger partial charge >= 0.3 is 0 Å². The van der Waals surface area contributed by atoms with E-state index >= 15 is 0 Å². The van der Waals surface area contributed by atoms with Crippen LogP contribution in [0.4, 0.5) is 10.1 Å². The zero-order valence-electron chi connectivity index (χ0n) is 10.5. The number of likely N-dealkylation sites (N-methyl/N-ethyl adjacent to an activating group) is 1. The Kier molecular flexibility index (Phi) is 3.75. The van der Waals surface area contributed by atoms with Crippen LogP contribution in [0.25, 0.3) is 0 Å². The van der Waals surface area contributed by atoms with Crippen LogP contribution in [0.2, 0.25) is 0 Å². The van der Waals surface area contributed by atoms with Gasteiger partial charge in [0.1, 0.15) is 5.82 Å². The molecule has 1 saturated heterocycles. The van der Waals surface area contributed by atoms with E-state index in [9.17, 15) is 19.3 Å². The van der Waals surface area contributed by atoms with Gasteiger partial charge in [0, 0.05) is 32.2 Å². The Morgan fingerprint density at radius 3 is 2.47 bits per heavy atom. The number of carbonyl (C=O) groups excluding carboxylic acids is 1. The van der Waals surface area contributed by atoms with Crippen molar-refractivity contribution in [2.24, 2.45) is 0 Å². The van der Waals surface area contributed by atoms with Gasteiger partial charge in [0.15, 0.2) is 0 Å². The fourth-order valence-electron chi connectivity index (χ4n) is 1.97. The number of nitrogens with zero attached hydrogens (tertiary/aromatic N) is 3. The molecule has 7 heteroatoms. The minimum Gasteiger partial charge on any atom is -0.336 e. The Morgan fingerprint density at radius 2 is 1.95 bits per heavy atom. The zero-order valence-corrected chi connectivity index (χ0v) is 10.5. The van der Waals surface area contributed by atoms with Gasteiger partial charge in [-0.2, -0.15) is 0 Å². The first kappa shape index (κ1) is 13.4. The van der Waals surface area contributed by atoms with E-state index in [1.165, 1.54) is 6.07 Å². The van der Waals surface area contributed by atoms with E-state index < -0.39 is 16.6 Å². The maximum Gasteiger partial charge on any atom is 0.272 e. The van der Waals surface area contributed by atoms with Crippen LogP contribution >= 0.6 is 0 Å². The molecule has 0 N–H and O–H groups in total. The van der Waals surface area contributed by atoms with E-state index in [-0.39, 0.29) is 11.3 Å². The summed E-state index contributed by atoms with van der Waals surface area (Å²) in [5.74, 6) is -1.27. The third-order valence-corrected chi connectivity index (χ3v) is 3.18. The Hall–Kier alpha value is -2.02. The molecule has 1 aromatic rings. The van der Waals surface area contributed by atoms with Crippen molar-refractivity contribution in [3.8, 4) is 0 Å². The second-order valence-electron chi connectivity index (χ2n) is 4.52. The van der Waals surface area contributed by atoms with Gasteiger partial charge in [-0.15, -0.1) is 0 Å². The van der Waals surface area contributed by atoms with Gasteiger partial charge in [-0.25, -0.2) is 4.39 Å². The second-order valence-corrected chi connectivity index (χ2v) is 4.52. The number of non-ortho nitro benzene ring substituents is 1. The summed E-state index contributed by atoms with van der Waals surface area (Å²) >= 11 is 0. The summed E-state index contributed by atoms with van der Waals surface area (Å²) < 4.78 is 13.7. The predicted octanol–water partition coefficient (Wildman–Crippen LogP) is 1.12. The van der Waals surface area contributed by atoms with E-state index in [2.05, 4.69) is 4.90 Å². The molecular formula is C12H14FN3O3. The van der Waals surface area contributed by atoms with Crippen LogP contribution in [-0.4, -0.2) is 53.9 Å². The van der Waals surface area contributed by atoms with Gasteiger partial charge in [-0.3, -0.25) is 14.9 Å². The Bertz CT molecular complexity index is 513. The van der Waals surface area contributed by atoms with E-state index in [4.69, 9.17) is 0 Å². The van der Waals surface area contributed by atoms with Crippen molar-refractivity contribution in [3.05, 3.63) is 39.7 Å². The van der Waals surface area contributed by atoms with E-state index in [1.807, 2.05) is 7.05 Å². The third-order valence-electron chi connectivity index (χ3n) is 3.18. The summed E-state index contributed by atoms with van der Waals surface area (Å²) in [7, 11) is 1.95. The molecule has 102 valence electrons. The number of halogens is 1. The summed E-state index contributed by atoms with van der Waals surface area (Å²) in [6.07, 6.45) is 0. The third kappa shape index (κ3) is 2.87. The molecule has 1 amide bonds. The van der Waals surface area contributed by atoms with Gasteiger partial charge in [-0.05, 0) is 13.1 Å². The van der Waals surface area contributed by atoms with Crippen LogP contribution < -0.4 is 0 Å². The monoisotopic (exact) mass is 267 g/mol. The molecule has 1 aliphatic heterocycles. The molecule has 0 unspecified atom stereocenters. The standard InChI is InChI=1S/C12H14FN3O3/c1-14-4-6-15(7-5-14)12(17)10-3-2-9(16(18)19)8-11(10)13/h2-3,8H,4-7H2,1H3. The van der Waals surface area contributed by atoms with Crippen molar-refractivity contribution < 1.29 is 14.1 Å². The first-order valence-electron chi connectivity index (χ1n) is 5.91. The van der Waals surface area contributed by atoms with E-state index in [0.717, 1.165) is 25.2 Å². The van der Waals surface area contributed by atoms with Crippen molar-refractivity contribution in [1.29, 1.82) is 0 Å². The molecule has 0 aliphatic carbocycles. The number of nitro benzene ring substituents is 1. The largest absolute Gasteiger partial charge is 0.336 e. The average molecular weight is 267 g/mol. The van der Waals surface area contributed by atoms with Crippen molar-refractivity contribution in [3.63, 3.8) is 0 Å². The number of carbonyl (C=O) groups is 1. The number of piperazine rings is 1. The molecule has 0 atom stereocenters. The van der Waals surface area contributed by atoms with Gasteiger partial charge in [-0.1, -0.05) is 0 Å². The maximum atomic E-state index is 13.7. The van der Waals surface area contributed by atoms with Crippen molar-refractivity contribution in [2.75, 3.05) is 33.2 Å². The number of hydrogen-bond donors (Lipinski definition) is 0. The smallest absolute Gasteiger partial charge is 0.272 e. The zero-order chi connectivity index (χ0) is 14.0. The summed E-state index contributed by atoms with van der Waals surface area (Å²) in [5.41, 5.74) is -0.470. The lowest BCUT2D eigenvalue weighted by Crippen LogP contribution is -2.47. The quantitative estimate of drug-likeness (QED) is 0.595. The Labute approximate surface area is 109 Å². The Balaban J connectivity index is 2.17. The molecule has 0 aromatic heterocycles. The highest BCUT2D eigenvalue weighted by Crippen LogP contribution is 2.18. The highest BCUT2D eigenvalue weighted by molar-refractivity contribution is 5.94. The minimum absolute atomic E-state index is 0.116. The predicted molar refractivity (Wildman–Crippen MR) is 66.5 cm³/mol. The Morgan fingerprint density at radius 1 is 1.32 bits per heavy atom. The van der Waals surface area contributed by atoms with Crippen LogP contribution in [0.3, 0.4) is 0 Å². The summed E-state index contributed by atoms with van der Waals surface area (Å²) in [5, 5.41) is 10.5. The highest BCUT2D eigenvalue weighted by Gasteiger charge is 2.23. The van der Waals surface area contributed by atoms with Crippen molar-refractivity contribution >= 4 is 11.6 Å². The molecule has 1 aliphatic rings. The molecule has 0 spiro atoms. The molecule has 6 nitrogen and oxygen atoms in total. The first-order valence-corrected chi connectivity index (χ1v) is 5.91. The lowest BCUT2D eigenvalue weighted by Gasteiger charge is -2.32. The summed E-state index contributed by atoms with van der Waals surface area (Å²) in [4.78, 5) is 25.6. The normalized spacial score (nSPS) is 16.4. The molecule has 1 heterocycles. The minimum atomic E-state index is -0.849. The van der Waals surface area contributed by atoms with E-state index in [0.29, 0.717) is 13.1 Å². The highest BCUT2D eigenvalue weighted by atomic mass is 19.1. The molecule has 0 radical (unpaired) electrons. The van der Waals surface area contributed by atoms with Crippen LogP contribution in [0, 0.1) is 15.9 Å². The number of rotatable bonds is 2. The fourth-order valence-corrected chi connectivity index (χ4v) is 1.97. The van der Waals surface area contributed by atoms with Crippen molar-refractivity contribution in [1.82, 2.24) is 9.80 Å². The van der Waals surface area contributed by atoms with Crippen LogP contribution in [0.15, 0.2) is 18.2 Å². The lowest BCUT2D eigenvalue weighted by molar-refractivity contribution is -0.385. The molecule has 0 saturated carbocycles. The number of benzene rings is 1. The SMILES string of the molecule is CN1CCN(C(=O)c2ccc([N+](=O)[O-])cc2F)CC1. The van der Waals surface area contributed by atoms with Gasteiger partial charge in [0.05, 0.1) is 16.6 Å². The van der Waals surface area contributed by atoms with Gasteiger partial charge in [0.25, 0.3) is 11.6 Å². The van der Waals surface area contributed by atoms with E-state index in [1.54, 1.807) is 4.90 Å². The molecule has 1 fully saturated rings. The number of nitro groups is 1. The lowest BCUT2D eigenvalue weighted by atomic mass is 10.1. The van der Waals surface area contributed by atoms with Crippen molar-refractivity contribution in [2.45, 2.75) is 0 Å². The van der Waals surface area contributed by atoms with Crippen LogP contribution in [0.5, 0.6) is 0 Å². The molecule has 19 heavy (non-hydrogen) atoms. The molecule has 0 bridgehead atoms. The molecular weight excluding hydrogens is 253 g/mol. The molecule has 2 rings (SSSR count). The topological polar surface area (TPSA) is 66.7 Å². The van der Waals surface area contributed by atoms with Gasteiger partial charge in [0.2, 0.25) is 0 Å². The van der Waals surface area contributed by atoms with Gasteiger partial charge < -0.3 is 9.80 Å². The van der Waals surface area contributed by atoms with Crippen LogP contribution in [0.1, 0.15) is 10.4 Å². The summed E-state index contributed by atoms with van der Waals surface area (Å²) in [6, 6.07) is 3.10. The summed E-state index contributed by atoms with van der Waals surface area (Å²) in [6.45, 7) is 2.54. The second kappa shape index (κ2) is 5.31. The maximum absolute atomic E-state index is 13.7. The molecule has 1 aromatic carbocycles. The number of hydrogen-bond acceptors (Lipinski definition) is 4. The fraction of sp³-hybridized carbons (Fsp3) is 0.417. The van der Waals surface area contributed by atoms with Crippen LogP contribution in [-0.2, 0) is 0 Å².